The molecule has 2 aromatic heterocycles. The molecule has 0 spiro atoms. The van der Waals surface area contributed by atoms with Gasteiger partial charge >= 0.3 is 0 Å². The number of benzene rings is 1. The molecule has 0 aliphatic carbocycles. The zero-order valence-electron chi connectivity index (χ0n) is 14.9. The normalized spacial score (nSPS) is 15.3. The minimum atomic E-state index is 0.551. The van der Waals surface area contributed by atoms with Gasteiger partial charge in [-0.15, -0.1) is 11.3 Å². The molecule has 0 atom stereocenters. The maximum Gasteiger partial charge on any atom is 0.188 e. The van der Waals surface area contributed by atoms with Crippen molar-refractivity contribution in [1.29, 1.82) is 0 Å². The monoisotopic (exact) mass is 365 g/mol. The minimum absolute atomic E-state index is 0.551. The van der Waals surface area contributed by atoms with Crippen LogP contribution in [-0.2, 0) is 6.54 Å². The summed E-state index contributed by atoms with van der Waals surface area (Å²) in [5.41, 5.74) is 3.72. The number of nitrogens with one attached hydrogen (secondary N) is 1. The van der Waals surface area contributed by atoms with E-state index in [9.17, 15) is 0 Å². The van der Waals surface area contributed by atoms with Crippen molar-refractivity contribution >= 4 is 17.0 Å². The molecule has 1 saturated heterocycles. The Kier molecular flexibility index (Phi) is 5.22. The van der Waals surface area contributed by atoms with Crippen molar-refractivity contribution in [1.82, 2.24) is 20.3 Å². The summed E-state index contributed by atoms with van der Waals surface area (Å²) in [6.45, 7) is 5.13. The van der Waals surface area contributed by atoms with Gasteiger partial charge in [-0.3, -0.25) is 0 Å². The fraction of sp³-hybridized carbons (Fsp3) is 0.350. The molecule has 5 nitrogen and oxygen atoms in total. The molecule has 0 radical (unpaired) electrons. The SMILES string of the molecule is Cc1ccc(N2CCC(NCc3csc(-c4ncccn4)n3)CC2)cc1. The summed E-state index contributed by atoms with van der Waals surface area (Å²) in [4.78, 5) is 15.7. The highest BCUT2D eigenvalue weighted by Crippen LogP contribution is 2.22. The summed E-state index contributed by atoms with van der Waals surface area (Å²) < 4.78 is 0. The lowest BCUT2D eigenvalue weighted by Crippen LogP contribution is -2.42. The van der Waals surface area contributed by atoms with Crippen LogP contribution in [0.5, 0.6) is 0 Å². The highest BCUT2D eigenvalue weighted by atomic mass is 32.1. The van der Waals surface area contributed by atoms with E-state index in [0.29, 0.717) is 11.9 Å². The van der Waals surface area contributed by atoms with E-state index in [1.165, 1.54) is 11.3 Å². The number of hydrogen-bond donors (Lipinski definition) is 1. The topological polar surface area (TPSA) is 53.9 Å². The zero-order valence-corrected chi connectivity index (χ0v) is 15.7. The van der Waals surface area contributed by atoms with Gasteiger partial charge < -0.3 is 10.2 Å². The molecule has 0 unspecified atom stereocenters. The van der Waals surface area contributed by atoms with E-state index in [1.54, 1.807) is 23.7 Å². The molecular weight excluding hydrogens is 342 g/mol. The number of nitrogens with zero attached hydrogens (tertiary/aromatic N) is 4. The standard InChI is InChI=1S/C20H23N5S/c1-15-3-5-18(6-4-15)25-11-7-16(8-12-25)23-13-17-14-26-20(24-17)19-21-9-2-10-22-19/h2-6,9-10,14,16,23H,7-8,11-13H2,1H3. The number of anilines is 1. The highest BCUT2D eigenvalue weighted by Gasteiger charge is 2.19. The first-order valence-electron chi connectivity index (χ1n) is 9.05. The Labute approximate surface area is 158 Å². The Morgan fingerprint density at radius 2 is 1.85 bits per heavy atom. The van der Waals surface area contributed by atoms with Crippen LogP contribution in [0.3, 0.4) is 0 Å². The number of aromatic nitrogens is 3. The summed E-state index contributed by atoms with van der Waals surface area (Å²) in [7, 11) is 0. The Balaban J connectivity index is 1.27. The lowest BCUT2D eigenvalue weighted by atomic mass is 10.0. The quantitative estimate of drug-likeness (QED) is 0.748. The van der Waals surface area contributed by atoms with Crippen LogP contribution in [0.4, 0.5) is 5.69 Å². The molecule has 1 aliphatic rings. The predicted molar refractivity (Wildman–Crippen MR) is 106 cm³/mol. The van der Waals surface area contributed by atoms with Gasteiger partial charge in [0.15, 0.2) is 10.8 Å². The van der Waals surface area contributed by atoms with Crippen molar-refractivity contribution < 1.29 is 0 Å². The number of hydrogen-bond acceptors (Lipinski definition) is 6. The van der Waals surface area contributed by atoms with E-state index in [1.807, 2.05) is 6.07 Å². The van der Waals surface area contributed by atoms with E-state index in [4.69, 9.17) is 0 Å². The molecule has 1 fully saturated rings. The van der Waals surface area contributed by atoms with Crippen molar-refractivity contribution in [2.45, 2.75) is 32.4 Å². The van der Waals surface area contributed by atoms with Crippen LogP contribution in [0.25, 0.3) is 10.8 Å². The van der Waals surface area contributed by atoms with Crippen LogP contribution < -0.4 is 10.2 Å². The second-order valence-corrected chi connectivity index (χ2v) is 7.55. The van der Waals surface area contributed by atoms with Crippen LogP contribution in [0.1, 0.15) is 24.1 Å². The molecular formula is C20H23N5S. The van der Waals surface area contributed by atoms with Crippen LogP contribution >= 0.6 is 11.3 Å². The smallest absolute Gasteiger partial charge is 0.188 e. The molecule has 1 N–H and O–H groups in total. The first-order valence-corrected chi connectivity index (χ1v) is 9.93. The second-order valence-electron chi connectivity index (χ2n) is 6.69. The molecule has 0 saturated carbocycles. The third kappa shape index (κ3) is 4.08. The van der Waals surface area contributed by atoms with Gasteiger partial charge in [0.2, 0.25) is 0 Å². The Hall–Kier alpha value is -2.31. The van der Waals surface area contributed by atoms with Crippen molar-refractivity contribution in [3.05, 3.63) is 59.4 Å². The number of aryl methyl sites for hydroxylation is 1. The van der Waals surface area contributed by atoms with Crippen molar-refractivity contribution in [2.24, 2.45) is 0 Å². The Bertz CT molecular complexity index is 823. The first-order chi connectivity index (χ1) is 12.8. The van der Waals surface area contributed by atoms with Gasteiger partial charge in [0.1, 0.15) is 0 Å². The molecule has 4 rings (SSSR count). The van der Waals surface area contributed by atoms with E-state index in [2.05, 4.69) is 61.7 Å². The second kappa shape index (κ2) is 7.93. The van der Waals surface area contributed by atoms with Gasteiger partial charge in [-0.25, -0.2) is 15.0 Å². The fourth-order valence-corrected chi connectivity index (χ4v) is 4.01. The first kappa shape index (κ1) is 17.1. The van der Waals surface area contributed by atoms with Crippen molar-refractivity contribution in [2.75, 3.05) is 18.0 Å². The zero-order chi connectivity index (χ0) is 17.8. The third-order valence-corrected chi connectivity index (χ3v) is 5.66. The van der Waals surface area contributed by atoms with Gasteiger partial charge in [-0.1, -0.05) is 17.7 Å². The van der Waals surface area contributed by atoms with Crippen LogP contribution in [-0.4, -0.2) is 34.1 Å². The van der Waals surface area contributed by atoms with E-state index < -0.39 is 0 Å². The largest absolute Gasteiger partial charge is 0.371 e. The summed E-state index contributed by atoms with van der Waals surface area (Å²) in [5.74, 6) is 0.704. The third-order valence-electron chi connectivity index (χ3n) is 4.77. The summed E-state index contributed by atoms with van der Waals surface area (Å²) in [6.07, 6.45) is 5.83. The predicted octanol–water partition coefficient (Wildman–Crippen LogP) is 3.67. The Morgan fingerprint density at radius 3 is 2.58 bits per heavy atom. The lowest BCUT2D eigenvalue weighted by Gasteiger charge is -2.34. The molecule has 0 amide bonds. The molecule has 6 heteroatoms. The molecule has 3 heterocycles. The maximum atomic E-state index is 4.66. The average Bonchev–Trinajstić information content (AvgIpc) is 3.17. The molecule has 0 bridgehead atoms. The van der Waals surface area contributed by atoms with Crippen molar-refractivity contribution in [3.8, 4) is 10.8 Å². The number of rotatable bonds is 5. The van der Waals surface area contributed by atoms with Gasteiger partial charge in [-0.2, -0.15) is 0 Å². The highest BCUT2D eigenvalue weighted by molar-refractivity contribution is 7.13. The van der Waals surface area contributed by atoms with Crippen LogP contribution in [0.2, 0.25) is 0 Å². The summed E-state index contributed by atoms with van der Waals surface area (Å²) >= 11 is 1.60. The van der Waals surface area contributed by atoms with Crippen LogP contribution in [0.15, 0.2) is 48.1 Å². The van der Waals surface area contributed by atoms with Gasteiger partial charge in [0, 0.05) is 49.1 Å². The van der Waals surface area contributed by atoms with E-state index >= 15 is 0 Å². The van der Waals surface area contributed by atoms with E-state index in [-0.39, 0.29) is 0 Å². The van der Waals surface area contributed by atoms with Gasteiger partial charge in [0.05, 0.1) is 5.69 Å². The van der Waals surface area contributed by atoms with Gasteiger partial charge in [0.25, 0.3) is 0 Å². The maximum absolute atomic E-state index is 4.66. The lowest BCUT2D eigenvalue weighted by molar-refractivity contribution is 0.412. The van der Waals surface area contributed by atoms with Crippen LogP contribution in [0, 0.1) is 6.92 Å². The molecule has 1 aliphatic heterocycles. The number of piperidine rings is 1. The van der Waals surface area contributed by atoms with E-state index in [0.717, 1.165) is 43.2 Å². The molecule has 134 valence electrons. The number of thiazole rings is 1. The average molecular weight is 366 g/mol. The summed E-state index contributed by atoms with van der Waals surface area (Å²) in [5, 5.41) is 6.64. The molecule has 1 aromatic carbocycles. The molecule has 3 aromatic rings. The van der Waals surface area contributed by atoms with Gasteiger partial charge in [-0.05, 0) is 38.0 Å². The van der Waals surface area contributed by atoms with Crippen molar-refractivity contribution in [3.63, 3.8) is 0 Å². The summed E-state index contributed by atoms with van der Waals surface area (Å²) in [6, 6.07) is 11.2. The fourth-order valence-electron chi connectivity index (χ4n) is 3.25. The minimum Gasteiger partial charge on any atom is -0.371 e. The Morgan fingerprint density at radius 1 is 1.12 bits per heavy atom. The molecule has 26 heavy (non-hydrogen) atoms.